The van der Waals surface area contributed by atoms with Crippen LogP contribution < -0.4 is 5.32 Å². The van der Waals surface area contributed by atoms with Crippen LogP contribution >= 0.6 is 0 Å². The molecule has 0 saturated heterocycles. The zero-order valence-electron chi connectivity index (χ0n) is 10.2. The van der Waals surface area contributed by atoms with Crippen molar-refractivity contribution >= 4 is 5.69 Å². The van der Waals surface area contributed by atoms with Gasteiger partial charge in [-0.3, -0.25) is 0 Å². The topological polar surface area (TPSA) is 12.0 Å². The molecular weight excluding hydrogens is 220 g/mol. The third-order valence-electron chi connectivity index (χ3n) is 3.66. The second-order valence-electron chi connectivity index (χ2n) is 4.93. The van der Waals surface area contributed by atoms with Crippen LogP contribution in [0.3, 0.4) is 0 Å². The van der Waals surface area contributed by atoms with E-state index in [1.54, 1.807) is 0 Å². The van der Waals surface area contributed by atoms with E-state index in [-0.39, 0.29) is 0 Å². The molecule has 1 saturated carbocycles. The van der Waals surface area contributed by atoms with Crippen LogP contribution in [0.4, 0.5) is 14.5 Å². The molecule has 0 spiro atoms. The van der Waals surface area contributed by atoms with Crippen LogP contribution in [0.2, 0.25) is 0 Å². The number of benzene rings is 1. The van der Waals surface area contributed by atoms with Crippen molar-refractivity contribution in [3.05, 3.63) is 29.8 Å². The Morgan fingerprint density at radius 3 is 2.18 bits per heavy atom. The van der Waals surface area contributed by atoms with Gasteiger partial charge in [0, 0.05) is 17.8 Å². The molecule has 3 heteroatoms. The molecule has 0 aromatic heterocycles. The molecule has 0 unspecified atom stereocenters. The Morgan fingerprint density at radius 1 is 1.06 bits per heavy atom. The van der Waals surface area contributed by atoms with Crippen LogP contribution in [0, 0.1) is 17.6 Å². The molecule has 1 aromatic rings. The molecule has 0 bridgehead atoms. The van der Waals surface area contributed by atoms with Gasteiger partial charge in [0.25, 0.3) is 0 Å². The lowest BCUT2D eigenvalue weighted by molar-refractivity contribution is 0.330. The van der Waals surface area contributed by atoms with Crippen molar-refractivity contribution < 1.29 is 8.78 Å². The fraction of sp³-hybridized carbons (Fsp3) is 0.571. The molecule has 1 N–H and O–H groups in total. The van der Waals surface area contributed by atoms with Crippen molar-refractivity contribution in [1.82, 2.24) is 0 Å². The summed E-state index contributed by atoms with van der Waals surface area (Å²) >= 11 is 0. The summed E-state index contributed by atoms with van der Waals surface area (Å²) in [5, 5.41) is 3.23. The molecule has 94 valence electrons. The third-order valence-corrected chi connectivity index (χ3v) is 3.66. The summed E-state index contributed by atoms with van der Waals surface area (Å²) in [5.41, 5.74) is 0.558. The average molecular weight is 239 g/mol. The molecule has 0 radical (unpaired) electrons. The van der Waals surface area contributed by atoms with Gasteiger partial charge in [0.1, 0.15) is 11.6 Å². The minimum absolute atomic E-state index is 0.360. The van der Waals surface area contributed by atoms with Gasteiger partial charge in [-0.1, -0.05) is 13.3 Å². The molecule has 0 aliphatic heterocycles. The Balaban J connectivity index is 1.93. The summed E-state index contributed by atoms with van der Waals surface area (Å²) in [6.45, 7) is 2.22. The number of hydrogen-bond acceptors (Lipinski definition) is 1. The maximum Gasteiger partial charge on any atom is 0.128 e. The fourth-order valence-corrected chi connectivity index (χ4v) is 2.59. The van der Waals surface area contributed by atoms with E-state index in [9.17, 15) is 8.78 Å². The van der Waals surface area contributed by atoms with Crippen LogP contribution in [-0.2, 0) is 0 Å². The minimum atomic E-state index is -0.519. The lowest BCUT2D eigenvalue weighted by Crippen LogP contribution is -2.25. The Kier molecular flexibility index (Phi) is 3.97. The van der Waals surface area contributed by atoms with Crippen LogP contribution in [0.5, 0.6) is 0 Å². The SMILES string of the molecule is CCC1CCC(Nc2cc(F)cc(F)c2)CC1. The van der Waals surface area contributed by atoms with E-state index in [4.69, 9.17) is 0 Å². The van der Waals surface area contributed by atoms with Gasteiger partial charge in [-0.05, 0) is 43.7 Å². The normalized spacial score (nSPS) is 24.6. The molecule has 1 aliphatic carbocycles. The maximum atomic E-state index is 13.0. The Morgan fingerprint density at radius 2 is 1.65 bits per heavy atom. The largest absolute Gasteiger partial charge is 0.382 e. The van der Waals surface area contributed by atoms with Crippen molar-refractivity contribution in [3.63, 3.8) is 0 Å². The van der Waals surface area contributed by atoms with Crippen LogP contribution in [0.15, 0.2) is 18.2 Å². The van der Waals surface area contributed by atoms with E-state index in [0.717, 1.165) is 24.8 Å². The van der Waals surface area contributed by atoms with Crippen molar-refractivity contribution in [2.24, 2.45) is 5.92 Å². The van der Waals surface area contributed by atoms with Crippen LogP contribution in [0.1, 0.15) is 39.0 Å². The van der Waals surface area contributed by atoms with E-state index in [0.29, 0.717) is 11.7 Å². The van der Waals surface area contributed by atoms with Gasteiger partial charge in [0.05, 0.1) is 0 Å². The minimum Gasteiger partial charge on any atom is -0.382 e. The number of hydrogen-bond donors (Lipinski definition) is 1. The number of anilines is 1. The van der Waals surface area contributed by atoms with Crippen LogP contribution in [0.25, 0.3) is 0 Å². The van der Waals surface area contributed by atoms with Gasteiger partial charge >= 0.3 is 0 Å². The molecule has 0 amide bonds. The lowest BCUT2D eigenvalue weighted by Gasteiger charge is -2.29. The van der Waals surface area contributed by atoms with Crippen LogP contribution in [-0.4, -0.2) is 6.04 Å². The van der Waals surface area contributed by atoms with E-state index in [1.807, 2.05) is 0 Å². The first kappa shape index (κ1) is 12.3. The number of nitrogens with one attached hydrogen (secondary N) is 1. The first-order chi connectivity index (χ1) is 8.17. The van der Waals surface area contributed by atoms with Crippen molar-refractivity contribution in [2.45, 2.75) is 45.1 Å². The summed E-state index contributed by atoms with van der Waals surface area (Å²) in [5.74, 6) is -0.207. The van der Waals surface area contributed by atoms with Crippen molar-refractivity contribution in [1.29, 1.82) is 0 Å². The van der Waals surface area contributed by atoms with E-state index in [2.05, 4.69) is 12.2 Å². The highest BCUT2D eigenvalue weighted by Crippen LogP contribution is 2.28. The summed E-state index contributed by atoms with van der Waals surface area (Å²) in [4.78, 5) is 0. The molecule has 0 heterocycles. The van der Waals surface area contributed by atoms with Gasteiger partial charge in [-0.15, -0.1) is 0 Å². The molecule has 1 aliphatic rings. The van der Waals surface area contributed by atoms with Gasteiger partial charge in [0.15, 0.2) is 0 Å². The second-order valence-corrected chi connectivity index (χ2v) is 4.93. The molecule has 17 heavy (non-hydrogen) atoms. The number of rotatable bonds is 3. The number of halogens is 2. The molecule has 1 aromatic carbocycles. The van der Waals surface area contributed by atoms with Gasteiger partial charge in [-0.2, -0.15) is 0 Å². The predicted molar refractivity (Wildman–Crippen MR) is 66.0 cm³/mol. The fourth-order valence-electron chi connectivity index (χ4n) is 2.59. The summed E-state index contributed by atoms with van der Waals surface area (Å²) in [7, 11) is 0. The molecule has 1 fully saturated rings. The van der Waals surface area contributed by atoms with E-state index < -0.39 is 11.6 Å². The third kappa shape index (κ3) is 3.42. The van der Waals surface area contributed by atoms with Gasteiger partial charge in [-0.25, -0.2) is 8.78 Å². The average Bonchev–Trinajstić information content (AvgIpc) is 2.28. The molecule has 1 nitrogen and oxygen atoms in total. The quantitative estimate of drug-likeness (QED) is 0.827. The Labute approximate surface area is 101 Å². The first-order valence-corrected chi connectivity index (χ1v) is 6.40. The first-order valence-electron chi connectivity index (χ1n) is 6.40. The molecule has 0 atom stereocenters. The Bertz CT molecular complexity index is 350. The standard InChI is InChI=1S/C14H19F2N/c1-2-10-3-5-13(6-4-10)17-14-8-11(15)7-12(16)9-14/h7-10,13,17H,2-6H2,1H3. The van der Waals surface area contributed by atoms with Gasteiger partial charge < -0.3 is 5.32 Å². The zero-order chi connectivity index (χ0) is 12.3. The summed E-state index contributed by atoms with van der Waals surface area (Å²) in [6, 6.07) is 3.97. The molecular formula is C14H19F2N. The van der Waals surface area contributed by atoms with Crippen molar-refractivity contribution in [2.75, 3.05) is 5.32 Å². The highest BCUT2D eigenvalue weighted by molar-refractivity contribution is 5.44. The summed E-state index contributed by atoms with van der Waals surface area (Å²) < 4.78 is 26.0. The highest BCUT2D eigenvalue weighted by Gasteiger charge is 2.19. The van der Waals surface area contributed by atoms with E-state index in [1.165, 1.54) is 31.4 Å². The second kappa shape index (κ2) is 5.48. The van der Waals surface area contributed by atoms with Gasteiger partial charge in [0.2, 0.25) is 0 Å². The van der Waals surface area contributed by atoms with E-state index >= 15 is 0 Å². The predicted octanol–water partition coefficient (Wildman–Crippen LogP) is 4.35. The summed E-state index contributed by atoms with van der Waals surface area (Å²) in [6.07, 6.45) is 5.85. The van der Waals surface area contributed by atoms with Crippen molar-refractivity contribution in [3.8, 4) is 0 Å². The highest BCUT2D eigenvalue weighted by atomic mass is 19.1. The Hall–Kier alpha value is -1.12. The monoisotopic (exact) mass is 239 g/mol. The smallest absolute Gasteiger partial charge is 0.128 e. The zero-order valence-corrected chi connectivity index (χ0v) is 10.2. The lowest BCUT2D eigenvalue weighted by atomic mass is 9.84. The molecule has 2 rings (SSSR count). The maximum absolute atomic E-state index is 13.0.